The lowest BCUT2D eigenvalue weighted by Crippen LogP contribution is -1.98. The van der Waals surface area contributed by atoms with Gasteiger partial charge in [0, 0.05) is 6.42 Å². The van der Waals surface area contributed by atoms with Crippen molar-refractivity contribution < 1.29 is 9.53 Å². The van der Waals surface area contributed by atoms with E-state index in [9.17, 15) is 4.79 Å². The maximum atomic E-state index is 10.9. The summed E-state index contributed by atoms with van der Waals surface area (Å²) in [5.41, 5.74) is 0. The number of hydrogen-bond acceptors (Lipinski definition) is 2. The summed E-state index contributed by atoms with van der Waals surface area (Å²) in [4.78, 5) is 10.9. The van der Waals surface area contributed by atoms with Gasteiger partial charge in [-0.2, -0.15) is 0 Å². The minimum atomic E-state index is -0.0922. The van der Waals surface area contributed by atoms with Crippen molar-refractivity contribution >= 4 is 5.97 Å². The van der Waals surface area contributed by atoms with E-state index in [1.807, 2.05) is 0 Å². The molecule has 0 rings (SSSR count). The summed E-state index contributed by atoms with van der Waals surface area (Å²) in [6.45, 7) is 2.15. The fraction of sp³-hybridized carbons (Fsp3) is 0.611. The Morgan fingerprint density at radius 1 is 0.850 bits per heavy atom. The zero-order valence-electron chi connectivity index (χ0n) is 13.1. The molecule has 114 valence electrons. The van der Waals surface area contributed by atoms with E-state index in [1.54, 1.807) is 0 Å². The SMILES string of the molecule is CCC=CCC=CCC=CCCCCCCC(=O)OC. The molecule has 0 spiro atoms. The molecule has 0 saturated heterocycles. The first-order chi connectivity index (χ1) is 9.81. The Hall–Kier alpha value is -1.31. The Balaban J connectivity index is 3.27. The van der Waals surface area contributed by atoms with Crippen LogP contribution < -0.4 is 0 Å². The van der Waals surface area contributed by atoms with E-state index in [0.29, 0.717) is 6.42 Å². The largest absolute Gasteiger partial charge is 0.469 e. The van der Waals surface area contributed by atoms with E-state index in [-0.39, 0.29) is 5.97 Å². The molecule has 0 aliphatic heterocycles. The van der Waals surface area contributed by atoms with Crippen LogP contribution in [-0.4, -0.2) is 13.1 Å². The average molecular weight is 278 g/mol. The van der Waals surface area contributed by atoms with Gasteiger partial charge in [-0.1, -0.05) is 56.2 Å². The fourth-order valence-electron chi connectivity index (χ4n) is 1.81. The molecule has 0 aliphatic rings. The molecule has 0 atom stereocenters. The summed E-state index contributed by atoms with van der Waals surface area (Å²) >= 11 is 0. The molecule has 2 nitrogen and oxygen atoms in total. The number of rotatable bonds is 12. The van der Waals surface area contributed by atoms with Gasteiger partial charge in [0.25, 0.3) is 0 Å². The van der Waals surface area contributed by atoms with E-state index < -0.39 is 0 Å². The molecular formula is C18H30O2. The van der Waals surface area contributed by atoms with Gasteiger partial charge in [-0.3, -0.25) is 4.79 Å². The first-order valence-electron chi connectivity index (χ1n) is 7.83. The predicted molar refractivity (Wildman–Crippen MR) is 86.7 cm³/mol. The summed E-state index contributed by atoms with van der Waals surface area (Å²) in [5, 5.41) is 0. The van der Waals surface area contributed by atoms with Crippen LogP contribution in [0.4, 0.5) is 0 Å². The van der Waals surface area contributed by atoms with E-state index >= 15 is 0 Å². The van der Waals surface area contributed by atoms with Crippen molar-refractivity contribution in [3.05, 3.63) is 36.5 Å². The quantitative estimate of drug-likeness (QED) is 0.273. The van der Waals surface area contributed by atoms with E-state index in [0.717, 1.165) is 38.5 Å². The van der Waals surface area contributed by atoms with Crippen molar-refractivity contribution in [1.82, 2.24) is 0 Å². The molecule has 2 heteroatoms. The van der Waals surface area contributed by atoms with Crippen molar-refractivity contribution in [3.8, 4) is 0 Å². The molecule has 0 bridgehead atoms. The van der Waals surface area contributed by atoms with Crippen LogP contribution in [0.15, 0.2) is 36.5 Å². The molecule has 0 radical (unpaired) electrons. The van der Waals surface area contributed by atoms with Crippen molar-refractivity contribution in [3.63, 3.8) is 0 Å². The standard InChI is InChI=1S/C18H30O2/c1-3-4-5-6-7-8-9-10-11-12-13-14-15-16-17-18(19)20-2/h4-5,7-8,10-11H,3,6,9,12-17H2,1-2H3. The third-order valence-electron chi connectivity index (χ3n) is 3.01. The Morgan fingerprint density at radius 2 is 1.45 bits per heavy atom. The summed E-state index contributed by atoms with van der Waals surface area (Å²) in [6.07, 6.45) is 22.7. The van der Waals surface area contributed by atoms with Crippen LogP contribution in [-0.2, 0) is 9.53 Å². The Kier molecular flexibility index (Phi) is 14.7. The van der Waals surface area contributed by atoms with Gasteiger partial charge in [0.15, 0.2) is 0 Å². The first-order valence-corrected chi connectivity index (χ1v) is 7.83. The molecule has 0 aromatic rings. The molecule has 0 N–H and O–H groups in total. The summed E-state index contributed by atoms with van der Waals surface area (Å²) < 4.78 is 4.60. The van der Waals surface area contributed by atoms with E-state index in [2.05, 4.69) is 48.1 Å². The first kappa shape index (κ1) is 18.7. The van der Waals surface area contributed by atoms with Gasteiger partial charge >= 0.3 is 5.97 Å². The molecule has 0 amide bonds. The van der Waals surface area contributed by atoms with Crippen LogP contribution in [0, 0.1) is 0 Å². The van der Waals surface area contributed by atoms with Crippen LogP contribution >= 0.6 is 0 Å². The summed E-state index contributed by atoms with van der Waals surface area (Å²) in [7, 11) is 1.45. The number of hydrogen-bond donors (Lipinski definition) is 0. The highest BCUT2D eigenvalue weighted by Gasteiger charge is 1.98. The lowest BCUT2D eigenvalue weighted by atomic mass is 10.1. The number of unbranched alkanes of at least 4 members (excludes halogenated alkanes) is 4. The summed E-state index contributed by atoms with van der Waals surface area (Å²) in [6, 6.07) is 0. The molecule has 0 fully saturated rings. The highest BCUT2D eigenvalue weighted by Crippen LogP contribution is 2.06. The highest BCUT2D eigenvalue weighted by atomic mass is 16.5. The Labute approximate surface area is 124 Å². The van der Waals surface area contributed by atoms with E-state index in [1.165, 1.54) is 20.0 Å². The third-order valence-corrected chi connectivity index (χ3v) is 3.01. The van der Waals surface area contributed by atoms with Crippen molar-refractivity contribution in [2.45, 2.75) is 64.7 Å². The van der Waals surface area contributed by atoms with Gasteiger partial charge in [-0.15, -0.1) is 0 Å². The Morgan fingerprint density at radius 3 is 2.10 bits per heavy atom. The third kappa shape index (κ3) is 14.7. The molecule has 20 heavy (non-hydrogen) atoms. The van der Waals surface area contributed by atoms with Crippen LogP contribution in [0.1, 0.15) is 64.7 Å². The number of methoxy groups -OCH3 is 1. The number of carbonyl (C=O) groups excluding carboxylic acids is 1. The van der Waals surface area contributed by atoms with Crippen LogP contribution in [0.2, 0.25) is 0 Å². The number of allylic oxidation sites excluding steroid dienone is 6. The summed E-state index contributed by atoms with van der Waals surface area (Å²) in [5.74, 6) is -0.0922. The lowest BCUT2D eigenvalue weighted by Gasteiger charge is -1.99. The number of carbonyl (C=O) groups is 1. The van der Waals surface area contributed by atoms with Crippen molar-refractivity contribution in [2.24, 2.45) is 0 Å². The minimum Gasteiger partial charge on any atom is -0.469 e. The second kappa shape index (κ2) is 15.7. The normalized spacial score (nSPS) is 11.9. The van der Waals surface area contributed by atoms with E-state index in [4.69, 9.17) is 0 Å². The van der Waals surface area contributed by atoms with Crippen LogP contribution in [0.3, 0.4) is 0 Å². The van der Waals surface area contributed by atoms with Crippen molar-refractivity contribution in [1.29, 1.82) is 0 Å². The monoisotopic (exact) mass is 278 g/mol. The fourth-order valence-corrected chi connectivity index (χ4v) is 1.81. The molecule has 0 aromatic carbocycles. The topological polar surface area (TPSA) is 26.3 Å². The molecule has 0 aromatic heterocycles. The zero-order valence-corrected chi connectivity index (χ0v) is 13.1. The Bertz CT molecular complexity index is 301. The van der Waals surface area contributed by atoms with Gasteiger partial charge in [0.2, 0.25) is 0 Å². The van der Waals surface area contributed by atoms with Crippen molar-refractivity contribution in [2.75, 3.05) is 7.11 Å². The smallest absolute Gasteiger partial charge is 0.305 e. The van der Waals surface area contributed by atoms with Gasteiger partial charge in [-0.05, 0) is 38.5 Å². The van der Waals surface area contributed by atoms with Crippen LogP contribution in [0.25, 0.3) is 0 Å². The maximum absolute atomic E-state index is 10.9. The average Bonchev–Trinajstić information content (AvgIpc) is 2.47. The number of esters is 1. The maximum Gasteiger partial charge on any atom is 0.305 e. The highest BCUT2D eigenvalue weighted by molar-refractivity contribution is 5.68. The molecular weight excluding hydrogens is 248 g/mol. The number of ether oxygens (including phenoxy) is 1. The molecule has 0 saturated carbocycles. The molecule has 0 aliphatic carbocycles. The van der Waals surface area contributed by atoms with Gasteiger partial charge in [0.05, 0.1) is 7.11 Å². The lowest BCUT2D eigenvalue weighted by molar-refractivity contribution is -0.140. The molecule has 0 unspecified atom stereocenters. The van der Waals surface area contributed by atoms with Crippen LogP contribution in [0.5, 0.6) is 0 Å². The van der Waals surface area contributed by atoms with Gasteiger partial charge in [0.1, 0.15) is 0 Å². The second-order valence-electron chi connectivity index (χ2n) is 4.82. The predicted octanol–water partition coefficient (Wildman–Crippen LogP) is 5.36. The minimum absolute atomic E-state index is 0.0922. The molecule has 0 heterocycles. The second-order valence-corrected chi connectivity index (χ2v) is 4.82. The van der Waals surface area contributed by atoms with Gasteiger partial charge in [-0.25, -0.2) is 0 Å². The zero-order chi connectivity index (χ0) is 14.9. The van der Waals surface area contributed by atoms with Gasteiger partial charge < -0.3 is 4.74 Å².